The van der Waals surface area contributed by atoms with Crippen molar-refractivity contribution in [1.29, 1.82) is 0 Å². The zero-order valence-corrected chi connectivity index (χ0v) is 18.5. The zero-order chi connectivity index (χ0) is 24.4. The van der Waals surface area contributed by atoms with E-state index in [2.05, 4.69) is 10.6 Å². The van der Waals surface area contributed by atoms with Crippen LogP contribution in [0.15, 0.2) is 64.7 Å². The molecule has 2 heterocycles. The van der Waals surface area contributed by atoms with Crippen LogP contribution in [0.3, 0.4) is 0 Å². The molecular formula is C23H17ClN4O6. The van der Waals surface area contributed by atoms with E-state index in [1.165, 1.54) is 24.3 Å². The first kappa shape index (κ1) is 22.7. The second-order valence-corrected chi connectivity index (χ2v) is 7.83. The molecule has 0 aliphatic carbocycles. The topological polar surface area (TPSA) is 135 Å². The predicted octanol–water partition coefficient (Wildman–Crippen LogP) is 4.35. The summed E-state index contributed by atoms with van der Waals surface area (Å²) in [5, 5.41) is 16.1. The smallest absolute Gasteiger partial charge is 0.329 e. The Labute approximate surface area is 197 Å². The minimum atomic E-state index is -0.740. The van der Waals surface area contributed by atoms with Gasteiger partial charge in [-0.15, -0.1) is 0 Å². The molecule has 172 valence electrons. The van der Waals surface area contributed by atoms with Crippen LogP contribution in [-0.2, 0) is 9.59 Å². The van der Waals surface area contributed by atoms with Gasteiger partial charge in [-0.05, 0) is 43.3 Å². The molecule has 2 aromatic carbocycles. The van der Waals surface area contributed by atoms with Crippen molar-refractivity contribution >= 4 is 46.9 Å². The number of nitrogens with one attached hydrogen (secondary N) is 2. The highest BCUT2D eigenvalue weighted by molar-refractivity contribution is 6.32. The molecule has 0 bridgehead atoms. The van der Waals surface area contributed by atoms with Crippen LogP contribution in [0.1, 0.15) is 11.3 Å². The fraction of sp³-hybridized carbons (Fsp3) is 0.0870. The number of urea groups is 1. The minimum absolute atomic E-state index is 0.00609. The zero-order valence-electron chi connectivity index (χ0n) is 17.7. The average molecular weight is 481 g/mol. The van der Waals surface area contributed by atoms with Crippen LogP contribution >= 0.6 is 11.6 Å². The van der Waals surface area contributed by atoms with Gasteiger partial charge in [0.25, 0.3) is 11.6 Å². The van der Waals surface area contributed by atoms with Gasteiger partial charge in [0.1, 0.15) is 28.8 Å². The predicted molar refractivity (Wildman–Crippen MR) is 124 cm³/mol. The van der Waals surface area contributed by atoms with Crippen molar-refractivity contribution in [1.82, 2.24) is 10.2 Å². The lowest BCUT2D eigenvalue weighted by molar-refractivity contribution is -0.384. The molecule has 4 amide bonds. The summed E-state index contributed by atoms with van der Waals surface area (Å²) in [6.07, 6.45) is 1.31. The Morgan fingerprint density at radius 3 is 2.62 bits per heavy atom. The molecule has 1 fully saturated rings. The summed E-state index contributed by atoms with van der Waals surface area (Å²) >= 11 is 5.84. The normalized spacial score (nSPS) is 14.4. The first-order valence-electron chi connectivity index (χ1n) is 9.96. The molecule has 0 radical (unpaired) electrons. The van der Waals surface area contributed by atoms with Gasteiger partial charge in [-0.2, -0.15) is 0 Å². The molecular weight excluding hydrogens is 464 g/mol. The second-order valence-electron chi connectivity index (χ2n) is 7.42. The fourth-order valence-corrected chi connectivity index (χ4v) is 3.42. The first-order valence-corrected chi connectivity index (χ1v) is 10.3. The number of nitro groups is 1. The van der Waals surface area contributed by atoms with E-state index in [4.69, 9.17) is 16.0 Å². The number of furan rings is 1. The molecule has 0 saturated carbocycles. The van der Waals surface area contributed by atoms with E-state index in [-0.39, 0.29) is 22.2 Å². The molecule has 1 aliphatic heterocycles. The molecule has 2 N–H and O–H groups in total. The third kappa shape index (κ3) is 4.81. The Morgan fingerprint density at radius 2 is 1.91 bits per heavy atom. The van der Waals surface area contributed by atoms with Crippen LogP contribution in [0.4, 0.5) is 16.2 Å². The molecule has 0 spiro atoms. The maximum Gasteiger partial charge on any atom is 0.329 e. The highest BCUT2D eigenvalue weighted by Crippen LogP contribution is 2.31. The monoisotopic (exact) mass is 480 g/mol. The summed E-state index contributed by atoms with van der Waals surface area (Å²) in [6, 6.07) is 13.7. The number of rotatable bonds is 6. The van der Waals surface area contributed by atoms with Crippen molar-refractivity contribution in [2.45, 2.75) is 6.92 Å². The maximum atomic E-state index is 12.6. The lowest BCUT2D eigenvalue weighted by Gasteiger charge is -2.12. The van der Waals surface area contributed by atoms with Crippen molar-refractivity contribution in [3.63, 3.8) is 0 Å². The Morgan fingerprint density at radius 1 is 1.18 bits per heavy atom. The van der Waals surface area contributed by atoms with Gasteiger partial charge in [0.2, 0.25) is 5.91 Å². The second kappa shape index (κ2) is 9.20. The van der Waals surface area contributed by atoms with Gasteiger partial charge in [-0.25, -0.2) is 9.69 Å². The van der Waals surface area contributed by atoms with Crippen LogP contribution < -0.4 is 10.6 Å². The largest absolute Gasteiger partial charge is 0.457 e. The van der Waals surface area contributed by atoms with Crippen molar-refractivity contribution in [2.75, 3.05) is 11.9 Å². The van der Waals surface area contributed by atoms with E-state index in [1.807, 2.05) is 19.1 Å². The summed E-state index contributed by atoms with van der Waals surface area (Å²) in [5.74, 6) is -0.692. The highest BCUT2D eigenvalue weighted by atomic mass is 35.5. The molecule has 4 rings (SSSR count). The maximum absolute atomic E-state index is 12.6. The number of hydrogen-bond acceptors (Lipinski definition) is 6. The first-order chi connectivity index (χ1) is 16.2. The Balaban J connectivity index is 1.47. The van der Waals surface area contributed by atoms with Gasteiger partial charge >= 0.3 is 6.03 Å². The number of amides is 4. The SMILES string of the molecule is Cc1ccc(NC(=O)CN2C(=O)N/C(=C\c3ccc(-c4ccc(Cl)c([N+](=O)[O-])c4)o3)C2=O)cc1. The molecule has 0 atom stereocenters. The Hall–Kier alpha value is -4.44. The number of halogens is 1. The molecule has 10 nitrogen and oxygen atoms in total. The van der Waals surface area contributed by atoms with Crippen molar-refractivity contribution in [3.8, 4) is 11.3 Å². The molecule has 11 heteroatoms. The van der Waals surface area contributed by atoms with E-state index in [9.17, 15) is 24.5 Å². The van der Waals surface area contributed by atoms with Crippen LogP contribution in [0, 0.1) is 17.0 Å². The van der Waals surface area contributed by atoms with Gasteiger partial charge < -0.3 is 15.1 Å². The van der Waals surface area contributed by atoms with Crippen molar-refractivity contribution in [2.24, 2.45) is 0 Å². The summed E-state index contributed by atoms with van der Waals surface area (Å²) in [5.41, 5.74) is 1.64. The van der Waals surface area contributed by atoms with Gasteiger partial charge in [-0.1, -0.05) is 29.3 Å². The van der Waals surface area contributed by atoms with E-state index in [0.29, 0.717) is 17.0 Å². The Kier molecular flexibility index (Phi) is 6.15. The van der Waals surface area contributed by atoms with E-state index in [1.54, 1.807) is 24.3 Å². The number of nitrogens with zero attached hydrogens (tertiary/aromatic N) is 2. The fourth-order valence-electron chi connectivity index (χ4n) is 3.23. The number of hydrogen-bond donors (Lipinski definition) is 2. The lowest BCUT2D eigenvalue weighted by Crippen LogP contribution is -2.38. The van der Waals surface area contributed by atoms with E-state index in [0.717, 1.165) is 10.5 Å². The number of carbonyl (C=O) groups is 3. The molecule has 3 aromatic rings. The average Bonchev–Trinajstić information content (AvgIpc) is 3.36. The number of aryl methyl sites for hydroxylation is 1. The number of benzene rings is 2. The number of nitro benzene ring substituents is 1. The van der Waals surface area contributed by atoms with Crippen LogP contribution in [-0.4, -0.2) is 34.2 Å². The molecule has 1 aromatic heterocycles. The van der Waals surface area contributed by atoms with Gasteiger partial charge in [-0.3, -0.25) is 19.7 Å². The molecule has 1 aliphatic rings. The summed E-state index contributed by atoms with van der Waals surface area (Å²) < 4.78 is 5.65. The van der Waals surface area contributed by atoms with Crippen LogP contribution in [0.5, 0.6) is 0 Å². The number of anilines is 1. The summed E-state index contributed by atoms with van der Waals surface area (Å²) in [6.45, 7) is 1.45. The standard InChI is InChI=1S/C23H17ClN4O6/c1-13-2-5-15(6-3-13)25-21(29)12-27-22(30)18(26-23(27)31)11-16-7-9-20(34-16)14-4-8-17(24)19(10-14)28(32)33/h2-11H,12H2,1H3,(H,25,29)(H,26,31)/b18-11-. The Bertz CT molecular complexity index is 1350. The van der Waals surface area contributed by atoms with Crippen LogP contribution in [0.2, 0.25) is 5.02 Å². The minimum Gasteiger partial charge on any atom is -0.457 e. The quantitative estimate of drug-likeness (QED) is 0.233. The van der Waals surface area contributed by atoms with Crippen LogP contribution in [0.25, 0.3) is 17.4 Å². The third-order valence-electron chi connectivity index (χ3n) is 4.94. The van der Waals surface area contributed by atoms with Gasteiger partial charge in [0.15, 0.2) is 0 Å². The van der Waals surface area contributed by atoms with E-state index >= 15 is 0 Å². The lowest BCUT2D eigenvalue weighted by atomic mass is 10.1. The molecule has 0 unspecified atom stereocenters. The number of imide groups is 1. The molecule has 34 heavy (non-hydrogen) atoms. The van der Waals surface area contributed by atoms with Gasteiger partial charge in [0, 0.05) is 23.4 Å². The third-order valence-corrected chi connectivity index (χ3v) is 5.26. The van der Waals surface area contributed by atoms with E-state index < -0.39 is 29.3 Å². The van der Waals surface area contributed by atoms with Gasteiger partial charge in [0.05, 0.1) is 4.92 Å². The summed E-state index contributed by atoms with van der Waals surface area (Å²) in [7, 11) is 0. The molecule has 1 saturated heterocycles. The highest BCUT2D eigenvalue weighted by Gasteiger charge is 2.35. The number of carbonyl (C=O) groups excluding carboxylic acids is 3. The van der Waals surface area contributed by atoms with Crippen molar-refractivity contribution < 1.29 is 23.7 Å². The van der Waals surface area contributed by atoms with Crippen molar-refractivity contribution in [3.05, 3.63) is 86.8 Å². The summed E-state index contributed by atoms with van der Waals surface area (Å²) in [4.78, 5) is 48.5.